The van der Waals surface area contributed by atoms with Crippen molar-refractivity contribution in [2.24, 2.45) is 10.8 Å². The van der Waals surface area contributed by atoms with Gasteiger partial charge in [-0.05, 0) is 31.9 Å². The third kappa shape index (κ3) is 3.94. The second kappa shape index (κ2) is 6.20. The van der Waals surface area contributed by atoms with Crippen molar-refractivity contribution >= 4 is 15.8 Å². The predicted octanol–water partition coefficient (Wildman–Crippen LogP) is 1.61. The van der Waals surface area contributed by atoms with Crippen molar-refractivity contribution < 1.29 is 13.0 Å². The van der Waals surface area contributed by atoms with Crippen LogP contribution < -0.4 is 5.73 Å². The molecule has 120 valence electrons. The Morgan fingerprint density at radius 1 is 1.32 bits per heavy atom. The van der Waals surface area contributed by atoms with Crippen molar-refractivity contribution in [3.05, 3.63) is 47.5 Å². The average molecular weight is 323 g/mol. The molecule has 2 rings (SSSR count). The molecule has 1 unspecified atom stereocenters. The van der Waals surface area contributed by atoms with E-state index in [2.05, 4.69) is 5.10 Å². The van der Waals surface area contributed by atoms with Gasteiger partial charge in [0.2, 0.25) is 0 Å². The van der Waals surface area contributed by atoms with Crippen LogP contribution in [0.4, 0.5) is 0 Å². The van der Waals surface area contributed by atoms with Crippen LogP contribution in [-0.2, 0) is 10.1 Å². The van der Waals surface area contributed by atoms with Crippen LogP contribution in [0.15, 0.2) is 47.1 Å². The fourth-order valence-corrected chi connectivity index (χ4v) is 2.74. The summed E-state index contributed by atoms with van der Waals surface area (Å²) in [5, 5.41) is 6.22. The molecule has 1 atom stereocenters. The molecule has 1 aliphatic rings. The molecular formula is C15H21N3O3S. The summed E-state index contributed by atoms with van der Waals surface area (Å²) in [6.07, 6.45) is 2.19. The highest BCUT2D eigenvalue weighted by molar-refractivity contribution is 7.85. The van der Waals surface area contributed by atoms with Gasteiger partial charge in [-0.15, -0.1) is 0 Å². The van der Waals surface area contributed by atoms with E-state index in [9.17, 15) is 8.42 Å². The Labute approximate surface area is 131 Å². The van der Waals surface area contributed by atoms with Crippen LogP contribution in [0, 0.1) is 0 Å². The van der Waals surface area contributed by atoms with Gasteiger partial charge in [0.1, 0.15) is 5.66 Å². The summed E-state index contributed by atoms with van der Waals surface area (Å²) in [7, 11) is -3.97. The Bertz CT molecular complexity index is 694. The molecule has 0 amide bonds. The summed E-state index contributed by atoms with van der Waals surface area (Å²) in [5.41, 5.74) is 8.21. The number of nitrogens with two attached hydrogens (primary N) is 1. The van der Waals surface area contributed by atoms with E-state index in [1.807, 2.05) is 50.3 Å². The summed E-state index contributed by atoms with van der Waals surface area (Å²) in [6.45, 7) is 4.10. The molecule has 0 saturated carbocycles. The first-order valence-corrected chi connectivity index (χ1v) is 8.65. The van der Waals surface area contributed by atoms with E-state index in [-0.39, 0.29) is 12.2 Å². The lowest BCUT2D eigenvalue weighted by molar-refractivity contribution is 0.143. The molecular weight excluding hydrogens is 302 g/mol. The van der Waals surface area contributed by atoms with Gasteiger partial charge in [0.15, 0.2) is 0 Å². The maximum atomic E-state index is 10.8. The zero-order valence-electron chi connectivity index (χ0n) is 12.7. The first-order chi connectivity index (χ1) is 10.2. The van der Waals surface area contributed by atoms with E-state index in [4.69, 9.17) is 10.3 Å². The molecule has 0 spiro atoms. The summed E-state index contributed by atoms with van der Waals surface area (Å²) in [4.78, 5) is 0. The lowest BCUT2D eigenvalue weighted by Gasteiger charge is -2.40. The number of hydrogen-bond donors (Lipinski definition) is 2. The van der Waals surface area contributed by atoms with Gasteiger partial charge < -0.3 is 5.73 Å². The van der Waals surface area contributed by atoms with Gasteiger partial charge in [-0.1, -0.05) is 30.3 Å². The van der Waals surface area contributed by atoms with Gasteiger partial charge in [-0.2, -0.15) is 13.5 Å². The molecule has 1 aromatic carbocycles. The lowest BCUT2D eigenvalue weighted by atomic mass is 9.97. The molecule has 1 aromatic rings. The Morgan fingerprint density at radius 3 is 2.55 bits per heavy atom. The number of nitrogens with zero attached hydrogens (tertiary/aromatic N) is 2. The highest BCUT2D eigenvalue weighted by Crippen LogP contribution is 2.25. The molecule has 0 fully saturated rings. The molecule has 0 aromatic heterocycles. The third-order valence-electron chi connectivity index (χ3n) is 3.76. The van der Waals surface area contributed by atoms with E-state index in [1.54, 1.807) is 5.01 Å². The quantitative estimate of drug-likeness (QED) is 0.803. The molecule has 22 heavy (non-hydrogen) atoms. The van der Waals surface area contributed by atoms with Crippen molar-refractivity contribution in [1.82, 2.24) is 5.01 Å². The van der Waals surface area contributed by atoms with Crippen molar-refractivity contribution in [3.63, 3.8) is 0 Å². The van der Waals surface area contributed by atoms with Crippen molar-refractivity contribution in [2.75, 3.05) is 12.3 Å². The van der Waals surface area contributed by atoms with E-state index in [0.29, 0.717) is 6.54 Å². The number of rotatable bonds is 5. The molecule has 0 bridgehead atoms. The van der Waals surface area contributed by atoms with E-state index >= 15 is 0 Å². The Morgan fingerprint density at radius 2 is 1.95 bits per heavy atom. The highest BCUT2D eigenvalue weighted by atomic mass is 32.2. The molecule has 1 aliphatic heterocycles. The van der Waals surface area contributed by atoms with Crippen LogP contribution in [-0.4, -0.2) is 41.7 Å². The standard InChI is InChI=1S/C15H21N3O3S/c1-12-11-14(13-7-4-3-5-8-13)17-18(15(12,2)16)9-6-10-22(19,20)21/h3-5,7-8,11H,6,9-10,16H2,1-2H3,(H,19,20,21). The molecule has 0 radical (unpaired) electrons. The zero-order valence-corrected chi connectivity index (χ0v) is 13.5. The van der Waals surface area contributed by atoms with Crippen LogP contribution in [0.1, 0.15) is 25.8 Å². The second-order valence-corrected chi connectivity index (χ2v) is 7.16. The van der Waals surface area contributed by atoms with E-state index in [1.165, 1.54) is 0 Å². The van der Waals surface area contributed by atoms with E-state index in [0.717, 1.165) is 16.8 Å². The minimum Gasteiger partial charge on any atom is -0.304 e. The Balaban J connectivity index is 2.22. The van der Waals surface area contributed by atoms with Gasteiger partial charge in [0.25, 0.3) is 10.1 Å². The van der Waals surface area contributed by atoms with Crippen LogP contribution in [0.2, 0.25) is 0 Å². The number of hydrogen-bond acceptors (Lipinski definition) is 5. The monoisotopic (exact) mass is 323 g/mol. The highest BCUT2D eigenvalue weighted by Gasteiger charge is 2.32. The summed E-state index contributed by atoms with van der Waals surface area (Å²) < 4.78 is 30.5. The van der Waals surface area contributed by atoms with Crippen molar-refractivity contribution in [3.8, 4) is 0 Å². The van der Waals surface area contributed by atoms with E-state index < -0.39 is 15.8 Å². The maximum Gasteiger partial charge on any atom is 0.264 e. The first-order valence-electron chi connectivity index (χ1n) is 7.04. The van der Waals surface area contributed by atoms with Crippen molar-refractivity contribution in [2.45, 2.75) is 25.9 Å². The van der Waals surface area contributed by atoms with Crippen molar-refractivity contribution in [1.29, 1.82) is 0 Å². The number of benzene rings is 1. The Kier molecular flexibility index (Phi) is 4.69. The fraction of sp³-hybridized carbons (Fsp3) is 0.400. The van der Waals surface area contributed by atoms with Crippen LogP contribution in [0.3, 0.4) is 0 Å². The summed E-state index contributed by atoms with van der Waals surface area (Å²) in [6, 6.07) is 9.70. The zero-order chi connectivity index (χ0) is 16.4. The third-order valence-corrected chi connectivity index (χ3v) is 4.56. The minimum absolute atomic E-state index is 0.254. The lowest BCUT2D eigenvalue weighted by Crippen LogP contribution is -2.54. The number of allylic oxidation sites excluding steroid dienone is 1. The molecule has 3 N–H and O–H groups in total. The van der Waals surface area contributed by atoms with Gasteiger partial charge in [-0.3, -0.25) is 9.56 Å². The topological polar surface area (TPSA) is 96.0 Å². The minimum atomic E-state index is -3.97. The molecule has 7 heteroatoms. The first kappa shape index (κ1) is 16.7. The smallest absolute Gasteiger partial charge is 0.264 e. The maximum absolute atomic E-state index is 10.8. The van der Waals surface area contributed by atoms with Gasteiger partial charge in [0.05, 0.1) is 11.5 Å². The van der Waals surface area contributed by atoms with Crippen LogP contribution in [0.5, 0.6) is 0 Å². The molecule has 0 saturated heterocycles. The summed E-state index contributed by atoms with van der Waals surface area (Å²) >= 11 is 0. The molecule has 1 heterocycles. The Hall–Kier alpha value is -1.70. The molecule has 6 nitrogen and oxygen atoms in total. The largest absolute Gasteiger partial charge is 0.304 e. The predicted molar refractivity (Wildman–Crippen MR) is 87.1 cm³/mol. The summed E-state index contributed by atoms with van der Waals surface area (Å²) in [5.74, 6) is -0.307. The second-order valence-electron chi connectivity index (χ2n) is 5.59. The number of hydrazone groups is 1. The van der Waals surface area contributed by atoms with Gasteiger partial charge in [-0.25, -0.2) is 0 Å². The van der Waals surface area contributed by atoms with Crippen LogP contribution in [0.25, 0.3) is 0 Å². The SMILES string of the molecule is CC1=CC(c2ccccc2)=NN(CCCS(=O)(=O)O)C1(C)N. The normalized spacial score (nSPS) is 22.3. The van der Waals surface area contributed by atoms with Crippen LogP contribution >= 0.6 is 0 Å². The van der Waals surface area contributed by atoms with Gasteiger partial charge >= 0.3 is 0 Å². The van der Waals surface area contributed by atoms with Gasteiger partial charge in [0, 0.05) is 12.1 Å². The molecule has 0 aliphatic carbocycles. The fourth-order valence-electron chi connectivity index (χ4n) is 2.25. The average Bonchev–Trinajstić information content (AvgIpc) is 2.43.